The van der Waals surface area contributed by atoms with Gasteiger partial charge in [0.1, 0.15) is 12.4 Å². The molecular formula is C40H37N3O5. The fraction of sp³-hybridized carbons (Fsp3) is 0.175. The highest BCUT2D eigenvalue weighted by Gasteiger charge is 2.12. The number of nitrogens with zero attached hydrogens (tertiary/aromatic N) is 2. The Bertz CT molecular complexity index is 2000. The summed E-state index contributed by atoms with van der Waals surface area (Å²) in [6.07, 6.45) is 1.59. The van der Waals surface area contributed by atoms with Crippen LogP contribution < -0.4 is 10.5 Å². The quantitative estimate of drug-likeness (QED) is 0.127. The lowest BCUT2D eigenvalue weighted by Crippen LogP contribution is -2.28. The van der Waals surface area contributed by atoms with Gasteiger partial charge in [0.05, 0.1) is 5.56 Å². The molecule has 0 bridgehead atoms. The number of aromatic amines is 1. The van der Waals surface area contributed by atoms with Crippen LogP contribution in [0.1, 0.15) is 38.2 Å². The highest BCUT2D eigenvalue weighted by molar-refractivity contribution is 5.87. The zero-order chi connectivity index (χ0) is 33.3. The van der Waals surface area contributed by atoms with Crippen molar-refractivity contribution in [3.63, 3.8) is 0 Å². The van der Waals surface area contributed by atoms with E-state index < -0.39 is 11.7 Å². The Kier molecular flexibility index (Phi) is 10.2. The standard InChI is InChI=1S/C40H37N3O5/c1-28-6-14-32(15-7-28)33-16-12-31(13-17-33)27-47-37-5-3-2-4-34(37)23-25-43(26-30-10-20-36(21-11-30)39(44)45)24-22-29-8-18-35(19-9-29)38-41-40(46)48-42-38/h2-21H,22-27H2,1H3,(H,44,45)(H,41,42,46). The van der Waals surface area contributed by atoms with E-state index in [1.165, 1.54) is 16.7 Å². The molecule has 0 aliphatic carbocycles. The Morgan fingerprint density at radius 1 is 0.750 bits per heavy atom. The molecule has 2 N–H and O–H groups in total. The lowest BCUT2D eigenvalue weighted by molar-refractivity contribution is 0.0697. The number of aryl methyl sites for hydroxylation is 1. The molecule has 0 saturated heterocycles. The topological polar surface area (TPSA) is 109 Å². The molecule has 0 radical (unpaired) electrons. The van der Waals surface area contributed by atoms with Gasteiger partial charge in [-0.15, -0.1) is 0 Å². The number of hydrogen-bond acceptors (Lipinski definition) is 6. The molecule has 6 aromatic rings. The number of carboxylic acids is 1. The van der Waals surface area contributed by atoms with Crippen molar-refractivity contribution in [3.05, 3.63) is 165 Å². The number of para-hydroxylation sites is 1. The third-order valence-corrected chi connectivity index (χ3v) is 8.39. The van der Waals surface area contributed by atoms with E-state index in [1.54, 1.807) is 12.1 Å². The van der Waals surface area contributed by atoms with Crippen LogP contribution in [0.2, 0.25) is 0 Å². The van der Waals surface area contributed by atoms with E-state index in [0.29, 0.717) is 19.0 Å². The average molecular weight is 640 g/mol. The predicted octanol–water partition coefficient (Wildman–Crippen LogP) is 7.57. The van der Waals surface area contributed by atoms with Crippen molar-refractivity contribution in [1.82, 2.24) is 15.0 Å². The number of benzene rings is 5. The van der Waals surface area contributed by atoms with Gasteiger partial charge in [0.15, 0.2) is 5.82 Å². The van der Waals surface area contributed by atoms with E-state index in [1.807, 2.05) is 54.6 Å². The Labute approximate surface area is 279 Å². The zero-order valence-corrected chi connectivity index (χ0v) is 26.8. The summed E-state index contributed by atoms with van der Waals surface area (Å²) in [7, 11) is 0. The van der Waals surface area contributed by atoms with Crippen LogP contribution >= 0.6 is 0 Å². The first-order chi connectivity index (χ1) is 23.4. The second-order valence-electron chi connectivity index (χ2n) is 11.9. The van der Waals surface area contributed by atoms with E-state index in [2.05, 4.69) is 81.1 Å². The molecule has 0 fully saturated rings. The van der Waals surface area contributed by atoms with Gasteiger partial charge in [-0.3, -0.25) is 14.4 Å². The lowest BCUT2D eigenvalue weighted by atomic mass is 10.0. The normalized spacial score (nSPS) is 11.1. The van der Waals surface area contributed by atoms with Crippen molar-refractivity contribution in [1.29, 1.82) is 0 Å². The monoisotopic (exact) mass is 639 g/mol. The number of carboxylic acid groups (broad SMARTS) is 1. The number of rotatable bonds is 14. The molecule has 0 amide bonds. The summed E-state index contributed by atoms with van der Waals surface area (Å²) in [5.74, 6) is -0.249. The first-order valence-electron chi connectivity index (χ1n) is 16.0. The van der Waals surface area contributed by atoms with Crippen LogP contribution in [0.5, 0.6) is 5.75 Å². The fourth-order valence-electron chi connectivity index (χ4n) is 5.58. The summed E-state index contributed by atoms with van der Waals surface area (Å²) in [4.78, 5) is 27.7. The van der Waals surface area contributed by atoms with Gasteiger partial charge < -0.3 is 9.84 Å². The van der Waals surface area contributed by atoms with Crippen LogP contribution in [0.25, 0.3) is 22.5 Å². The molecular weight excluding hydrogens is 602 g/mol. The minimum Gasteiger partial charge on any atom is -0.489 e. The van der Waals surface area contributed by atoms with Gasteiger partial charge in [0, 0.05) is 25.2 Å². The molecule has 8 heteroatoms. The van der Waals surface area contributed by atoms with Crippen molar-refractivity contribution in [2.45, 2.75) is 32.9 Å². The fourth-order valence-corrected chi connectivity index (χ4v) is 5.58. The highest BCUT2D eigenvalue weighted by atomic mass is 16.5. The molecule has 8 nitrogen and oxygen atoms in total. The molecule has 1 heterocycles. The first kappa shape index (κ1) is 32.2. The van der Waals surface area contributed by atoms with Crippen LogP contribution in [0, 0.1) is 6.92 Å². The predicted molar refractivity (Wildman–Crippen MR) is 186 cm³/mol. The number of nitrogens with one attached hydrogen (secondary N) is 1. The van der Waals surface area contributed by atoms with Gasteiger partial charge in [0.2, 0.25) is 0 Å². The summed E-state index contributed by atoms with van der Waals surface area (Å²) >= 11 is 0. The molecule has 0 aliphatic rings. The van der Waals surface area contributed by atoms with E-state index in [0.717, 1.165) is 59.5 Å². The van der Waals surface area contributed by atoms with E-state index in [-0.39, 0.29) is 5.56 Å². The smallest absolute Gasteiger partial charge is 0.439 e. The van der Waals surface area contributed by atoms with Crippen molar-refractivity contribution in [3.8, 4) is 28.3 Å². The summed E-state index contributed by atoms with van der Waals surface area (Å²) in [5.41, 5.74) is 9.10. The van der Waals surface area contributed by atoms with Crippen molar-refractivity contribution in [2.75, 3.05) is 13.1 Å². The van der Waals surface area contributed by atoms with Gasteiger partial charge in [-0.1, -0.05) is 114 Å². The second kappa shape index (κ2) is 15.2. The maximum absolute atomic E-state index is 11.4. The number of carbonyl (C=O) groups is 1. The molecule has 6 rings (SSSR count). The van der Waals surface area contributed by atoms with Crippen molar-refractivity contribution < 1.29 is 19.2 Å². The maximum atomic E-state index is 11.4. The Morgan fingerprint density at radius 2 is 1.35 bits per heavy atom. The largest absolute Gasteiger partial charge is 0.489 e. The molecule has 242 valence electrons. The molecule has 0 atom stereocenters. The van der Waals surface area contributed by atoms with Crippen LogP contribution in [0.4, 0.5) is 0 Å². The first-order valence-corrected chi connectivity index (χ1v) is 16.0. The summed E-state index contributed by atoms with van der Waals surface area (Å²) < 4.78 is 11.0. The lowest BCUT2D eigenvalue weighted by Gasteiger charge is -2.23. The van der Waals surface area contributed by atoms with Crippen LogP contribution in [0.3, 0.4) is 0 Å². The molecule has 0 unspecified atom stereocenters. The molecule has 1 aromatic heterocycles. The number of aromatic carboxylic acids is 1. The number of ether oxygens (including phenoxy) is 1. The third kappa shape index (κ3) is 8.54. The van der Waals surface area contributed by atoms with Gasteiger partial charge in [0.25, 0.3) is 0 Å². The van der Waals surface area contributed by atoms with Crippen molar-refractivity contribution in [2.24, 2.45) is 0 Å². The molecule has 0 saturated carbocycles. The van der Waals surface area contributed by atoms with Gasteiger partial charge in [-0.05, 0) is 71.3 Å². The molecule has 0 aliphatic heterocycles. The number of H-pyrrole nitrogens is 1. The van der Waals surface area contributed by atoms with E-state index in [9.17, 15) is 14.7 Å². The van der Waals surface area contributed by atoms with Gasteiger partial charge in [-0.25, -0.2) is 9.59 Å². The molecule has 48 heavy (non-hydrogen) atoms. The molecule has 0 spiro atoms. The van der Waals surface area contributed by atoms with E-state index in [4.69, 9.17) is 4.74 Å². The summed E-state index contributed by atoms with van der Waals surface area (Å²) in [5, 5.41) is 13.1. The molecule has 5 aromatic carbocycles. The average Bonchev–Trinajstić information content (AvgIpc) is 3.56. The Balaban J connectivity index is 1.11. The summed E-state index contributed by atoms with van der Waals surface area (Å²) in [6, 6.07) is 40.2. The Morgan fingerprint density at radius 3 is 2.02 bits per heavy atom. The SMILES string of the molecule is Cc1ccc(-c2ccc(COc3ccccc3CCN(CCc3ccc(-c4noc(=O)[nH]4)cc3)Cc3ccc(C(=O)O)cc3)cc2)cc1. The third-order valence-electron chi connectivity index (χ3n) is 8.39. The minimum absolute atomic E-state index is 0.273. The number of aromatic nitrogens is 2. The second-order valence-corrected chi connectivity index (χ2v) is 11.9. The van der Waals surface area contributed by atoms with Gasteiger partial charge >= 0.3 is 11.7 Å². The van der Waals surface area contributed by atoms with Crippen molar-refractivity contribution >= 4 is 5.97 Å². The Hall–Kier alpha value is -5.73. The maximum Gasteiger partial charge on any atom is 0.439 e. The van der Waals surface area contributed by atoms with Crippen LogP contribution in [-0.2, 0) is 26.0 Å². The minimum atomic E-state index is -0.935. The van der Waals surface area contributed by atoms with E-state index >= 15 is 0 Å². The number of hydrogen-bond donors (Lipinski definition) is 2. The highest BCUT2D eigenvalue weighted by Crippen LogP contribution is 2.24. The van der Waals surface area contributed by atoms with Gasteiger partial charge in [-0.2, -0.15) is 0 Å². The van der Waals surface area contributed by atoms with Crippen LogP contribution in [-0.4, -0.2) is 39.2 Å². The summed E-state index contributed by atoms with van der Waals surface area (Å²) in [6.45, 7) is 4.81. The van der Waals surface area contributed by atoms with Crippen LogP contribution in [0.15, 0.2) is 131 Å². The zero-order valence-electron chi connectivity index (χ0n) is 26.8.